The summed E-state index contributed by atoms with van der Waals surface area (Å²) in [6.07, 6.45) is -2.01. The molecular formula is C15H10F4N4O2S. The summed E-state index contributed by atoms with van der Waals surface area (Å²) in [5.41, 5.74) is -1.08. The maximum Gasteiger partial charge on any atom is 0.435 e. The van der Waals surface area contributed by atoms with E-state index in [1.165, 1.54) is 24.5 Å². The third-order valence-corrected chi connectivity index (χ3v) is 4.37. The van der Waals surface area contributed by atoms with Gasteiger partial charge in [0.25, 0.3) is 0 Å². The highest BCUT2D eigenvalue weighted by atomic mass is 32.2. The highest BCUT2D eigenvalue weighted by molar-refractivity contribution is 7.89. The van der Waals surface area contributed by atoms with Gasteiger partial charge in [0.15, 0.2) is 5.69 Å². The Hall–Kier alpha value is -2.79. The van der Waals surface area contributed by atoms with Crippen LogP contribution in [0.5, 0.6) is 0 Å². The first-order valence-electron chi connectivity index (χ1n) is 6.98. The highest BCUT2D eigenvalue weighted by Crippen LogP contribution is 2.33. The van der Waals surface area contributed by atoms with Crippen LogP contribution >= 0.6 is 0 Å². The number of alkyl halides is 3. The van der Waals surface area contributed by atoms with Crippen molar-refractivity contribution in [3.63, 3.8) is 0 Å². The van der Waals surface area contributed by atoms with E-state index < -0.39 is 32.6 Å². The van der Waals surface area contributed by atoms with Crippen molar-refractivity contribution in [2.75, 3.05) is 0 Å². The molecule has 11 heteroatoms. The van der Waals surface area contributed by atoms with Gasteiger partial charge in [-0.15, -0.1) is 0 Å². The normalized spacial score (nSPS) is 12.3. The fourth-order valence-corrected chi connectivity index (χ4v) is 2.88. The second-order valence-corrected chi connectivity index (χ2v) is 6.76. The molecule has 136 valence electrons. The van der Waals surface area contributed by atoms with E-state index >= 15 is 0 Å². The van der Waals surface area contributed by atoms with Crippen LogP contribution in [0.1, 0.15) is 5.69 Å². The largest absolute Gasteiger partial charge is 0.435 e. The molecule has 0 radical (unpaired) electrons. The summed E-state index contributed by atoms with van der Waals surface area (Å²) in [6, 6.07) is 6.51. The third-order valence-electron chi connectivity index (χ3n) is 3.42. The van der Waals surface area contributed by atoms with Crippen LogP contribution in [0.2, 0.25) is 0 Å². The molecule has 0 aliphatic rings. The van der Waals surface area contributed by atoms with Crippen LogP contribution in [-0.2, 0) is 16.2 Å². The molecule has 0 atom stereocenters. The Morgan fingerprint density at radius 1 is 1.12 bits per heavy atom. The number of nitrogens with two attached hydrogens (primary N) is 1. The minimum Gasteiger partial charge on any atom is -0.262 e. The molecule has 0 saturated carbocycles. The van der Waals surface area contributed by atoms with Gasteiger partial charge in [-0.1, -0.05) is 6.07 Å². The Kier molecular flexibility index (Phi) is 4.28. The lowest BCUT2D eigenvalue weighted by Gasteiger charge is -2.08. The lowest BCUT2D eigenvalue weighted by atomic mass is 10.1. The van der Waals surface area contributed by atoms with Gasteiger partial charge in [-0.25, -0.2) is 22.6 Å². The molecule has 2 aromatic heterocycles. The maximum absolute atomic E-state index is 14.1. The zero-order valence-electron chi connectivity index (χ0n) is 12.8. The van der Waals surface area contributed by atoms with Crippen LogP contribution in [0.15, 0.2) is 53.7 Å². The Labute approximate surface area is 145 Å². The van der Waals surface area contributed by atoms with Crippen molar-refractivity contribution in [3.8, 4) is 16.9 Å². The minimum absolute atomic E-state index is 0.0123. The van der Waals surface area contributed by atoms with Crippen molar-refractivity contribution in [2.45, 2.75) is 11.1 Å². The number of benzene rings is 1. The average Bonchev–Trinajstić information content (AvgIpc) is 3.00. The van der Waals surface area contributed by atoms with Gasteiger partial charge in [-0.3, -0.25) is 4.98 Å². The SMILES string of the molecule is NS(=O)(=O)c1ccc(-c2cc(C(F)(F)F)nn2-c2cccnc2)cc1F. The summed E-state index contributed by atoms with van der Waals surface area (Å²) in [6.45, 7) is 0. The van der Waals surface area contributed by atoms with E-state index in [1.807, 2.05) is 0 Å². The van der Waals surface area contributed by atoms with Crippen LogP contribution in [0, 0.1) is 5.82 Å². The van der Waals surface area contributed by atoms with E-state index in [0.717, 1.165) is 28.9 Å². The average molecular weight is 386 g/mol. The number of hydrogen-bond acceptors (Lipinski definition) is 4. The lowest BCUT2D eigenvalue weighted by molar-refractivity contribution is -0.141. The van der Waals surface area contributed by atoms with Crippen LogP contribution in [0.3, 0.4) is 0 Å². The molecule has 0 aliphatic carbocycles. The number of hydrogen-bond donors (Lipinski definition) is 1. The summed E-state index contributed by atoms with van der Waals surface area (Å²) in [5.74, 6) is -1.18. The standard InChI is InChI=1S/C15H10F4N4O2S/c16-11-6-9(3-4-13(11)26(20,24)25)12-7-14(15(17,18)19)22-23(12)10-2-1-5-21-8-10/h1-8H,(H2,20,24,25). The Morgan fingerprint density at radius 2 is 1.85 bits per heavy atom. The highest BCUT2D eigenvalue weighted by Gasteiger charge is 2.35. The van der Waals surface area contributed by atoms with Crippen molar-refractivity contribution in [1.82, 2.24) is 14.8 Å². The molecule has 0 unspecified atom stereocenters. The lowest BCUT2D eigenvalue weighted by Crippen LogP contribution is -2.14. The molecule has 3 rings (SSSR count). The van der Waals surface area contributed by atoms with Crippen LogP contribution in [0.25, 0.3) is 16.9 Å². The fraction of sp³-hybridized carbons (Fsp3) is 0.0667. The van der Waals surface area contributed by atoms with Gasteiger partial charge in [-0.05, 0) is 30.3 Å². The molecule has 0 amide bonds. The van der Waals surface area contributed by atoms with E-state index in [4.69, 9.17) is 5.14 Å². The number of primary sulfonamides is 1. The molecule has 1 aromatic carbocycles. The number of rotatable bonds is 3. The summed E-state index contributed by atoms with van der Waals surface area (Å²) in [4.78, 5) is 3.06. The van der Waals surface area contributed by atoms with Crippen molar-refractivity contribution in [3.05, 3.63) is 60.3 Å². The van der Waals surface area contributed by atoms with Crippen LogP contribution in [0.4, 0.5) is 17.6 Å². The van der Waals surface area contributed by atoms with Gasteiger partial charge in [-0.2, -0.15) is 18.3 Å². The van der Waals surface area contributed by atoms with Crippen molar-refractivity contribution >= 4 is 10.0 Å². The molecule has 6 nitrogen and oxygen atoms in total. The molecule has 0 aliphatic heterocycles. The molecule has 0 bridgehead atoms. The fourth-order valence-electron chi connectivity index (χ4n) is 2.29. The monoisotopic (exact) mass is 386 g/mol. The molecular weight excluding hydrogens is 376 g/mol. The van der Waals surface area contributed by atoms with Gasteiger partial charge < -0.3 is 0 Å². The number of pyridine rings is 1. The number of sulfonamides is 1. The van der Waals surface area contributed by atoms with Crippen molar-refractivity contribution in [2.24, 2.45) is 5.14 Å². The predicted molar refractivity (Wildman–Crippen MR) is 83.1 cm³/mol. The summed E-state index contributed by atoms with van der Waals surface area (Å²) < 4.78 is 76.8. The van der Waals surface area contributed by atoms with E-state index in [9.17, 15) is 26.0 Å². The second kappa shape index (κ2) is 6.18. The first-order chi connectivity index (χ1) is 12.1. The summed E-state index contributed by atoms with van der Waals surface area (Å²) in [7, 11) is -4.30. The van der Waals surface area contributed by atoms with Gasteiger partial charge in [0.2, 0.25) is 10.0 Å². The van der Waals surface area contributed by atoms with E-state index in [1.54, 1.807) is 0 Å². The van der Waals surface area contributed by atoms with Crippen molar-refractivity contribution < 1.29 is 26.0 Å². The molecule has 0 fully saturated rings. The molecule has 3 aromatic rings. The Morgan fingerprint density at radius 3 is 2.38 bits per heavy atom. The number of nitrogens with zero attached hydrogens (tertiary/aromatic N) is 3. The Balaban J connectivity index is 2.21. The van der Waals surface area contributed by atoms with E-state index in [2.05, 4.69) is 10.1 Å². The van der Waals surface area contributed by atoms with Gasteiger partial charge in [0.1, 0.15) is 10.7 Å². The van der Waals surface area contributed by atoms with E-state index in [0.29, 0.717) is 0 Å². The van der Waals surface area contributed by atoms with Gasteiger partial charge in [0.05, 0.1) is 17.6 Å². The van der Waals surface area contributed by atoms with Crippen LogP contribution in [-0.4, -0.2) is 23.2 Å². The van der Waals surface area contributed by atoms with E-state index in [-0.39, 0.29) is 16.9 Å². The zero-order chi connectivity index (χ0) is 19.1. The predicted octanol–water partition coefficient (Wildman–Crippen LogP) is 2.74. The molecule has 26 heavy (non-hydrogen) atoms. The van der Waals surface area contributed by atoms with Crippen molar-refractivity contribution in [1.29, 1.82) is 0 Å². The zero-order valence-corrected chi connectivity index (χ0v) is 13.6. The van der Waals surface area contributed by atoms with Gasteiger partial charge >= 0.3 is 6.18 Å². The molecule has 2 N–H and O–H groups in total. The number of aromatic nitrogens is 3. The minimum atomic E-state index is -4.72. The molecule has 0 saturated heterocycles. The molecule has 2 heterocycles. The Bertz CT molecular complexity index is 1060. The summed E-state index contributed by atoms with van der Waals surface area (Å²) in [5, 5.41) is 8.40. The van der Waals surface area contributed by atoms with Gasteiger partial charge in [0, 0.05) is 11.8 Å². The first kappa shape index (κ1) is 18.0. The topological polar surface area (TPSA) is 90.9 Å². The smallest absolute Gasteiger partial charge is 0.262 e. The maximum atomic E-state index is 14.1. The number of halogens is 4. The summed E-state index contributed by atoms with van der Waals surface area (Å²) >= 11 is 0. The first-order valence-corrected chi connectivity index (χ1v) is 8.52. The quantitative estimate of drug-likeness (QED) is 0.701. The van der Waals surface area contributed by atoms with Crippen LogP contribution < -0.4 is 5.14 Å². The molecule has 0 spiro atoms. The second-order valence-electron chi connectivity index (χ2n) is 5.23. The third kappa shape index (κ3) is 3.44.